The summed E-state index contributed by atoms with van der Waals surface area (Å²) in [6, 6.07) is 5.44. The second-order valence-electron chi connectivity index (χ2n) is 5.26. The Morgan fingerprint density at radius 3 is 2.84 bits per heavy atom. The number of hydrogen-bond acceptors (Lipinski definition) is 4. The zero-order valence-corrected chi connectivity index (χ0v) is 10.9. The monoisotopic (exact) mass is 265 g/mol. The van der Waals surface area contributed by atoms with E-state index in [-0.39, 0.29) is 5.82 Å². The number of fused-ring (bicyclic) bond motifs is 1. The summed E-state index contributed by atoms with van der Waals surface area (Å²) in [5.41, 5.74) is 1.39. The number of anilines is 1. The first-order chi connectivity index (χ1) is 9.25. The largest absolute Gasteiger partial charge is 0.361 e. The van der Waals surface area contributed by atoms with Crippen molar-refractivity contribution in [2.45, 2.75) is 31.7 Å². The molecule has 0 aromatic heterocycles. The van der Waals surface area contributed by atoms with Gasteiger partial charge in [0.15, 0.2) is 6.35 Å². The first-order valence-electron chi connectivity index (χ1n) is 6.94. The maximum absolute atomic E-state index is 13.8. The van der Waals surface area contributed by atoms with Gasteiger partial charge in [-0.05, 0) is 44.0 Å². The molecule has 0 spiro atoms. The topological polar surface area (TPSA) is 47.5 Å². The molecule has 4 nitrogen and oxygen atoms in total. The lowest BCUT2D eigenvalue weighted by atomic mass is 10.0. The van der Waals surface area contributed by atoms with E-state index in [1.165, 1.54) is 6.07 Å². The van der Waals surface area contributed by atoms with Crippen LogP contribution in [0.15, 0.2) is 18.2 Å². The van der Waals surface area contributed by atoms with Crippen molar-refractivity contribution >= 4 is 5.69 Å². The van der Waals surface area contributed by atoms with Crippen molar-refractivity contribution in [1.82, 2.24) is 10.2 Å². The molecule has 5 heteroatoms. The smallest absolute Gasteiger partial charge is 0.184 e. The number of nitrogens with one attached hydrogen (secondary N) is 2. The molecule has 0 radical (unpaired) electrons. The summed E-state index contributed by atoms with van der Waals surface area (Å²) in [5.74, 6) is -0.288. The molecular weight excluding hydrogens is 245 g/mol. The number of halogens is 1. The van der Waals surface area contributed by atoms with E-state index in [0.717, 1.165) is 44.5 Å². The maximum atomic E-state index is 13.8. The molecule has 1 fully saturated rings. The molecule has 1 saturated heterocycles. The minimum atomic E-state index is -0.804. The predicted molar refractivity (Wildman–Crippen MR) is 72.3 cm³/mol. The summed E-state index contributed by atoms with van der Waals surface area (Å²) in [7, 11) is 0. The molecule has 3 rings (SSSR count). The van der Waals surface area contributed by atoms with E-state index < -0.39 is 6.35 Å². The fraction of sp³-hybridized carbons (Fsp3) is 0.571. The molecule has 3 N–H and O–H groups in total. The number of nitrogens with zero attached hydrogens (tertiary/aromatic N) is 1. The lowest BCUT2D eigenvalue weighted by Crippen LogP contribution is -2.50. The van der Waals surface area contributed by atoms with Gasteiger partial charge in [0, 0.05) is 12.6 Å². The molecule has 2 aliphatic heterocycles. The van der Waals surface area contributed by atoms with Crippen LogP contribution in [0.3, 0.4) is 0 Å². The Hall–Kier alpha value is -1.17. The van der Waals surface area contributed by atoms with Crippen LogP contribution in [0.2, 0.25) is 0 Å². The standard InChI is InChI=1S/C14H20FN3O/c15-12-3-1-2-10-6-9-18(14(19)17-13(10)12)11-4-7-16-8-5-11/h1-3,11,14,16-17,19H,4-9H2. The van der Waals surface area contributed by atoms with Crippen LogP contribution in [-0.4, -0.2) is 42.0 Å². The number of rotatable bonds is 1. The number of hydrogen-bond donors (Lipinski definition) is 3. The fourth-order valence-electron chi connectivity index (χ4n) is 3.04. The SMILES string of the molecule is OC1Nc2c(F)cccc2CCN1C1CCNCC1. The van der Waals surface area contributed by atoms with E-state index in [1.54, 1.807) is 6.07 Å². The van der Waals surface area contributed by atoms with Gasteiger partial charge in [0.05, 0.1) is 5.69 Å². The lowest BCUT2D eigenvalue weighted by Gasteiger charge is -2.36. The summed E-state index contributed by atoms with van der Waals surface area (Å²) in [4.78, 5) is 2.06. The normalized spacial score (nSPS) is 25.5. The van der Waals surface area contributed by atoms with Gasteiger partial charge in [-0.25, -0.2) is 4.39 Å². The van der Waals surface area contributed by atoms with Crippen LogP contribution in [0.25, 0.3) is 0 Å². The minimum Gasteiger partial charge on any atom is -0.361 e. The Morgan fingerprint density at radius 2 is 2.05 bits per heavy atom. The van der Waals surface area contributed by atoms with Crippen molar-refractivity contribution in [3.8, 4) is 0 Å². The Kier molecular flexibility index (Phi) is 3.68. The molecule has 1 aromatic carbocycles. The van der Waals surface area contributed by atoms with Crippen molar-refractivity contribution in [3.63, 3.8) is 0 Å². The van der Waals surface area contributed by atoms with Gasteiger partial charge in [0.2, 0.25) is 0 Å². The molecule has 2 heterocycles. The Balaban J connectivity index is 1.79. The van der Waals surface area contributed by atoms with Crippen LogP contribution in [-0.2, 0) is 6.42 Å². The number of aliphatic hydroxyl groups is 1. The highest BCUT2D eigenvalue weighted by Gasteiger charge is 2.29. The number of aliphatic hydroxyl groups excluding tert-OH is 1. The quantitative estimate of drug-likeness (QED) is 0.712. The van der Waals surface area contributed by atoms with Crippen LogP contribution < -0.4 is 10.6 Å². The van der Waals surface area contributed by atoms with E-state index in [4.69, 9.17) is 0 Å². The van der Waals surface area contributed by atoms with Crippen LogP contribution in [0.5, 0.6) is 0 Å². The van der Waals surface area contributed by atoms with Gasteiger partial charge in [-0.3, -0.25) is 4.90 Å². The molecule has 0 aliphatic carbocycles. The molecule has 104 valence electrons. The second-order valence-corrected chi connectivity index (χ2v) is 5.26. The molecule has 1 unspecified atom stereocenters. The Labute approximate surface area is 112 Å². The lowest BCUT2D eigenvalue weighted by molar-refractivity contribution is -0.0107. The van der Waals surface area contributed by atoms with E-state index in [0.29, 0.717) is 11.7 Å². The molecule has 1 atom stereocenters. The van der Waals surface area contributed by atoms with E-state index in [1.807, 2.05) is 6.07 Å². The van der Waals surface area contributed by atoms with Crippen LogP contribution in [0.1, 0.15) is 18.4 Å². The summed E-state index contributed by atoms with van der Waals surface area (Å²) in [6.07, 6.45) is 2.01. The summed E-state index contributed by atoms with van der Waals surface area (Å²) in [6.45, 7) is 2.72. The number of piperidine rings is 1. The van der Waals surface area contributed by atoms with E-state index >= 15 is 0 Å². The molecule has 1 aromatic rings. The third kappa shape index (κ3) is 2.59. The average Bonchev–Trinajstić information content (AvgIpc) is 2.60. The van der Waals surface area contributed by atoms with Crippen LogP contribution in [0, 0.1) is 5.82 Å². The highest BCUT2D eigenvalue weighted by atomic mass is 19.1. The van der Waals surface area contributed by atoms with E-state index in [2.05, 4.69) is 15.5 Å². The molecule has 0 bridgehead atoms. The van der Waals surface area contributed by atoms with Gasteiger partial charge >= 0.3 is 0 Å². The maximum Gasteiger partial charge on any atom is 0.184 e. The molecule has 0 saturated carbocycles. The number of benzene rings is 1. The molecule has 2 aliphatic rings. The van der Waals surface area contributed by atoms with Crippen molar-refractivity contribution < 1.29 is 9.50 Å². The van der Waals surface area contributed by atoms with E-state index in [9.17, 15) is 9.50 Å². The van der Waals surface area contributed by atoms with Gasteiger partial charge in [0.1, 0.15) is 5.82 Å². The first-order valence-corrected chi connectivity index (χ1v) is 6.94. The zero-order chi connectivity index (χ0) is 13.2. The highest BCUT2D eigenvalue weighted by Crippen LogP contribution is 2.26. The summed E-state index contributed by atoms with van der Waals surface area (Å²) >= 11 is 0. The third-order valence-electron chi connectivity index (χ3n) is 4.10. The Morgan fingerprint density at radius 1 is 1.26 bits per heavy atom. The number of para-hydroxylation sites is 1. The Bertz CT molecular complexity index is 448. The van der Waals surface area contributed by atoms with Crippen LogP contribution >= 0.6 is 0 Å². The second kappa shape index (κ2) is 5.45. The summed E-state index contributed by atoms with van der Waals surface area (Å²) in [5, 5.41) is 16.5. The van der Waals surface area contributed by atoms with Crippen molar-refractivity contribution in [2.75, 3.05) is 25.0 Å². The highest BCUT2D eigenvalue weighted by molar-refractivity contribution is 5.53. The fourth-order valence-corrected chi connectivity index (χ4v) is 3.04. The molecule has 19 heavy (non-hydrogen) atoms. The minimum absolute atomic E-state index is 0.288. The first kappa shape index (κ1) is 12.8. The van der Waals surface area contributed by atoms with Crippen molar-refractivity contribution in [2.24, 2.45) is 0 Å². The summed E-state index contributed by atoms with van der Waals surface area (Å²) < 4.78 is 13.8. The van der Waals surface area contributed by atoms with Crippen molar-refractivity contribution in [3.05, 3.63) is 29.6 Å². The van der Waals surface area contributed by atoms with Crippen LogP contribution in [0.4, 0.5) is 10.1 Å². The third-order valence-corrected chi connectivity index (χ3v) is 4.10. The molecule has 0 amide bonds. The van der Waals surface area contributed by atoms with Gasteiger partial charge in [-0.2, -0.15) is 0 Å². The average molecular weight is 265 g/mol. The van der Waals surface area contributed by atoms with Gasteiger partial charge in [-0.15, -0.1) is 0 Å². The zero-order valence-electron chi connectivity index (χ0n) is 10.9. The van der Waals surface area contributed by atoms with Crippen molar-refractivity contribution in [1.29, 1.82) is 0 Å². The van der Waals surface area contributed by atoms with Gasteiger partial charge < -0.3 is 15.7 Å². The predicted octanol–water partition coefficient (Wildman–Crippen LogP) is 1.12. The molecular formula is C14H20FN3O. The van der Waals surface area contributed by atoms with Gasteiger partial charge in [0.25, 0.3) is 0 Å². The van der Waals surface area contributed by atoms with Gasteiger partial charge in [-0.1, -0.05) is 12.1 Å².